The van der Waals surface area contributed by atoms with E-state index in [1.165, 1.54) is 22.7 Å². The van der Waals surface area contributed by atoms with Crippen molar-refractivity contribution < 1.29 is 14.3 Å². The number of rotatable bonds is 7. The van der Waals surface area contributed by atoms with Crippen molar-refractivity contribution in [2.75, 3.05) is 19.5 Å². The van der Waals surface area contributed by atoms with Gasteiger partial charge in [-0.3, -0.25) is 10.1 Å². The van der Waals surface area contributed by atoms with Crippen LogP contribution in [0.1, 0.15) is 27.9 Å². The van der Waals surface area contributed by atoms with Crippen LogP contribution in [-0.4, -0.2) is 25.1 Å². The predicted octanol–water partition coefficient (Wildman–Crippen LogP) is 5.09. The van der Waals surface area contributed by atoms with Crippen LogP contribution < -0.4 is 14.8 Å². The highest BCUT2D eigenvalue weighted by Crippen LogP contribution is 2.39. The Morgan fingerprint density at radius 3 is 2.73 bits per heavy atom. The van der Waals surface area contributed by atoms with E-state index in [1.807, 2.05) is 29.6 Å². The molecular formula is C19H20N2O3S2. The number of nitrogens with one attached hydrogen (secondary N) is 1. The lowest BCUT2D eigenvalue weighted by molar-refractivity contribution is 0.103. The molecule has 0 spiro atoms. The van der Waals surface area contributed by atoms with E-state index in [-0.39, 0.29) is 5.91 Å². The molecule has 2 aromatic heterocycles. The van der Waals surface area contributed by atoms with Gasteiger partial charge in [0.15, 0.2) is 5.13 Å². The number of methoxy groups -OCH3 is 2. The predicted molar refractivity (Wildman–Crippen MR) is 107 cm³/mol. The van der Waals surface area contributed by atoms with Crippen molar-refractivity contribution in [1.82, 2.24) is 4.98 Å². The number of benzene rings is 1. The third-order valence-electron chi connectivity index (χ3n) is 3.80. The third kappa shape index (κ3) is 3.89. The minimum absolute atomic E-state index is 0.138. The maximum absolute atomic E-state index is 12.3. The Kier molecular flexibility index (Phi) is 5.90. The van der Waals surface area contributed by atoms with Crippen LogP contribution in [0.2, 0.25) is 0 Å². The Bertz CT molecular complexity index is 888. The fourth-order valence-electron chi connectivity index (χ4n) is 2.58. The average molecular weight is 389 g/mol. The fraction of sp³-hybridized carbons (Fsp3) is 0.263. The molecule has 0 unspecified atom stereocenters. The summed E-state index contributed by atoms with van der Waals surface area (Å²) in [7, 11) is 3.27. The first-order valence-electron chi connectivity index (χ1n) is 8.23. The maximum Gasteiger partial charge on any atom is 0.267 e. The minimum atomic E-state index is -0.138. The van der Waals surface area contributed by atoms with Crippen molar-refractivity contribution in [3.05, 3.63) is 45.5 Å². The molecule has 2 heterocycles. The molecule has 3 aromatic rings. The van der Waals surface area contributed by atoms with Crippen molar-refractivity contribution in [3.63, 3.8) is 0 Å². The number of carbonyl (C=O) groups excluding carboxylic acids is 1. The lowest BCUT2D eigenvalue weighted by atomic mass is 10.1. The molecule has 26 heavy (non-hydrogen) atoms. The first kappa shape index (κ1) is 18.4. The summed E-state index contributed by atoms with van der Waals surface area (Å²) in [4.78, 5) is 18.8. The van der Waals surface area contributed by atoms with Crippen LogP contribution in [0.4, 0.5) is 5.13 Å². The molecule has 3 rings (SSSR count). The van der Waals surface area contributed by atoms with Gasteiger partial charge in [0, 0.05) is 10.4 Å². The van der Waals surface area contributed by atoms with E-state index in [2.05, 4.69) is 17.2 Å². The molecule has 1 aromatic carbocycles. The highest BCUT2D eigenvalue weighted by Gasteiger charge is 2.19. The summed E-state index contributed by atoms with van der Waals surface area (Å²) in [6.45, 7) is 2.12. The summed E-state index contributed by atoms with van der Waals surface area (Å²) in [6.07, 6.45) is 1.86. The Hall–Kier alpha value is -2.38. The van der Waals surface area contributed by atoms with Gasteiger partial charge >= 0.3 is 0 Å². The number of aromatic nitrogens is 1. The molecule has 136 valence electrons. The molecular weight excluding hydrogens is 368 g/mol. The van der Waals surface area contributed by atoms with Gasteiger partial charge in [-0.15, -0.1) is 22.7 Å². The van der Waals surface area contributed by atoms with Gasteiger partial charge in [0.1, 0.15) is 11.5 Å². The summed E-state index contributed by atoms with van der Waals surface area (Å²) in [5.41, 5.74) is 1.69. The molecule has 0 radical (unpaired) electrons. The monoisotopic (exact) mass is 388 g/mol. The van der Waals surface area contributed by atoms with Crippen LogP contribution in [0.25, 0.3) is 11.3 Å². The first-order valence-corrected chi connectivity index (χ1v) is 9.92. The number of ether oxygens (including phenoxy) is 2. The number of amides is 1. The van der Waals surface area contributed by atoms with Gasteiger partial charge in [0.2, 0.25) is 0 Å². The van der Waals surface area contributed by atoms with Crippen LogP contribution in [0.5, 0.6) is 11.5 Å². The minimum Gasteiger partial charge on any atom is -0.497 e. The zero-order valence-electron chi connectivity index (χ0n) is 14.9. The van der Waals surface area contributed by atoms with E-state index < -0.39 is 0 Å². The van der Waals surface area contributed by atoms with E-state index in [0.717, 1.165) is 40.5 Å². The summed E-state index contributed by atoms with van der Waals surface area (Å²) < 4.78 is 10.9. The number of hydrogen-bond acceptors (Lipinski definition) is 6. The number of hydrogen-bond donors (Lipinski definition) is 1. The number of carbonyl (C=O) groups is 1. The molecule has 0 atom stereocenters. The van der Waals surface area contributed by atoms with E-state index in [1.54, 1.807) is 20.3 Å². The van der Waals surface area contributed by atoms with Gasteiger partial charge in [-0.1, -0.05) is 19.4 Å². The smallest absolute Gasteiger partial charge is 0.267 e. The molecule has 0 bridgehead atoms. The number of thiophene rings is 1. The van der Waals surface area contributed by atoms with Gasteiger partial charge in [-0.05, 0) is 36.1 Å². The van der Waals surface area contributed by atoms with Crippen LogP contribution in [-0.2, 0) is 6.42 Å². The molecule has 7 heteroatoms. The SMILES string of the molecule is CCCc1sc(NC(=O)c2cccs2)nc1-c1cc(OC)ccc1OC. The normalized spacial score (nSPS) is 10.6. The van der Waals surface area contributed by atoms with Gasteiger partial charge in [-0.25, -0.2) is 4.98 Å². The Morgan fingerprint density at radius 2 is 2.08 bits per heavy atom. The van der Waals surface area contributed by atoms with Crippen molar-refractivity contribution in [3.8, 4) is 22.8 Å². The Morgan fingerprint density at radius 1 is 1.23 bits per heavy atom. The second-order valence-corrected chi connectivity index (χ2v) is 7.57. The topological polar surface area (TPSA) is 60.5 Å². The van der Waals surface area contributed by atoms with E-state index in [0.29, 0.717) is 10.0 Å². The van der Waals surface area contributed by atoms with Crippen molar-refractivity contribution in [2.24, 2.45) is 0 Å². The highest BCUT2D eigenvalue weighted by atomic mass is 32.1. The average Bonchev–Trinajstić information content (AvgIpc) is 3.31. The zero-order valence-corrected chi connectivity index (χ0v) is 16.5. The van der Waals surface area contributed by atoms with Crippen LogP contribution >= 0.6 is 22.7 Å². The van der Waals surface area contributed by atoms with Gasteiger partial charge in [-0.2, -0.15) is 0 Å². The quantitative estimate of drug-likeness (QED) is 0.612. The number of anilines is 1. The molecule has 0 saturated carbocycles. The van der Waals surface area contributed by atoms with Crippen molar-refractivity contribution in [1.29, 1.82) is 0 Å². The molecule has 1 N–H and O–H groups in total. The lowest BCUT2D eigenvalue weighted by Gasteiger charge is -2.10. The second kappa shape index (κ2) is 8.33. The van der Waals surface area contributed by atoms with E-state index in [4.69, 9.17) is 9.47 Å². The lowest BCUT2D eigenvalue weighted by Crippen LogP contribution is -2.09. The first-order chi connectivity index (χ1) is 12.7. The fourth-order valence-corrected chi connectivity index (χ4v) is 4.27. The van der Waals surface area contributed by atoms with E-state index >= 15 is 0 Å². The molecule has 0 aliphatic rings. The number of aryl methyl sites for hydroxylation is 1. The third-order valence-corrected chi connectivity index (χ3v) is 5.70. The van der Waals surface area contributed by atoms with Gasteiger partial charge < -0.3 is 9.47 Å². The molecule has 0 saturated heterocycles. The second-order valence-electron chi connectivity index (χ2n) is 5.54. The molecule has 0 fully saturated rings. The van der Waals surface area contributed by atoms with Crippen LogP contribution in [0.15, 0.2) is 35.7 Å². The van der Waals surface area contributed by atoms with Crippen molar-refractivity contribution >= 4 is 33.7 Å². The summed E-state index contributed by atoms with van der Waals surface area (Å²) in [6, 6.07) is 9.29. The summed E-state index contributed by atoms with van der Waals surface area (Å²) in [5, 5.41) is 5.38. The van der Waals surface area contributed by atoms with Gasteiger partial charge in [0.05, 0.1) is 24.8 Å². The summed E-state index contributed by atoms with van der Waals surface area (Å²) in [5.74, 6) is 1.32. The van der Waals surface area contributed by atoms with Gasteiger partial charge in [0.25, 0.3) is 5.91 Å². The standard InChI is InChI=1S/C19H20N2O3S2/c1-4-6-15-17(13-11-12(23-2)8-9-14(13)24-3)20-19(26-15)21-18(22)16-7-5-10-25-16/h5,7-11H,4,6H2,1-3H3,(H,20,21,22). The largest absolute Gasteiger partial charge is 0.497 e. The molecule has 5 nitrogen and oxygen atoms in total. The van der Waals surface area contributed by atoms with Crippen LogP contribution in [0, 0.1) is 0 Å². The number of thiazole rings is 1. The summed E-state index contributed by atoms with van der Waals surface area (Å²) >= 11 is 2.91. The van der Waals surface area contributed by atoms with Crippen LogP contribution in [0.3, 0.4) is 0 Å². The number of nitrogens with zero attached hydrogens (tertiary/aromatic N) is 1. The molecule has 0 aliphatic carbocycles. The zero-order chi connectivity index (χ0) is 18.5. The van der Waals surface area contributed by atoms with Crippen molar-refractivity contribution in [2.45, 2.75) is 19.8 Å². The Balaban J connectivity index is 1.99. The molecule has 1 amide bonds. The Labute approximate surface area is 160 Å². The van der Waals surface area contributed by atoms with E-state index in [9.17, 15) is 4.79 Å². The molecule has 0 aliphatic heterocycles. The maximum atomic E-state index is 12.3. The highest BCUT2D eigenvalue weighted by molar-refractivity contribution is 7.16.